The van der Waals surface area contributed by atoms with Crippen LogP contribution in [0.15, 0.2) is 90.2 Å². The van der Waals surface area contributed by atoms with Crippen molar-refractivity contribution in [3.8, 4) is 11.8 Å². The number of nitrogens with zero attached hydrogens (tertiary/aromatic N) is 3. The van der Waals surface area contributed by atoms with Gasteiger partial charge < -0.3 is 9.40 Å². The van der Waals surface area contributed by atoms with Gasteiger partial charge in [0, 0.05) is 22.8 Å². The fraction of sp³-hybridized carbons (Fsp3) is 0.200. The molecule has 3 aromatic carbocycles. The van der Waals surface area contributed by atoms with E-state index < -0.39 is 5.97 Å². The van der Waals surface area contributed by atoms with Gasteiger partial charge in [-0.1, -0.05) is 67.7 Å². The maximum atomic E-state index is 13.7. The number of carbonyl (C=O) groups is 2. The van der Waals surface area contributed by atoms with Crippen molar-refractivity contribution in [2.75, 3.05) is 0 Å². The number of carbonyl (C=O) groups excluding carboxylic acids is 2. The molecule has 0 fully saturated rings. The predicted octanol–water partition coefficient (Wildman–Crippen LogP) is 6.87. The van der Waals surface area contributed by atoms with Crippen molar-refractivity contribution >= 4 is 28.4 Å². The Balaban J connectivity index is 1.69. The van der Waals surface area contributed by atoms with E-state index in [4.69, 9.17) is 10.1 Å². The Hall–Kier alpha value is -4.50. The van der Waals surface area contributed by atoms with Gasteiger partial charge in [-0.15, -0.1) is 0 Å². The van der Waals surface area contributed by atoms with Gasteiger partial charge in [-0.2, -0.15) is 5.26 Å². The van der Waals surface area contributed by atoms with Gasteiger partial charge >= 0.3 is 5.97 Å². The topological polar surface area (TPSA) is 84.4 Å². The van der Waals surface area contributed by atoms with Crippen LogP contribution >= 0.6 is 0 Å². The number of rotatable bonds is 10. The summed E-state index contributed by atoms with van der Waals surface area (Å²) in [4.78, 5) is 31.4. The smallest absolute Gasteiger partial charge is 0.316 e. The zero-order valence-electron chi connectivity index (χ0n) is 20.2. The molecule has 0 bridgehead atoms. The van der Waals surface area contributed by atoms with E-state index in [9.17, 15) is 9.59 Å². The average molecular weight is 478 g/mol. The number of nitriles is 1. The van der Waals surface area contributed by atoms with E-state index in [1.54, 1.807) is 42.6 Å². The molecule has 0 N–H and O–H groups in total. The Labute approximate surface area is 210 Å². The van der Waals surface area contributed by atoms with Gasteiger partial charge in [0.2, 0.25) is 5.78 Å². The number of fused-ring (bicyclic) bond motifs is 1. The van der Waals surface area contributed by atoms with Crippen molar-refractivity contribution in [2.45, 2.75) is 39.0 Å². The molecular weight excluding hydrogens is 450 g/mol. The van der Waals surface area contributed by atoms with Crippen molar-refractivity contribution in [1.29, 1.82) is 5.26 Å². The zero-order chi connectivity index (χ0) is 25.3. The first kappa shape index (κ1) is 24.6. The molecule has 0 radical (unpaired) electrons. The monoisotopic (exact) mass is 477 g/mol. The standard InChI is InChI=1S/C30H27N3O3/c1-2-3-4-8-14-27(32-36-30(35)23-11-6-5-7-12-23)29(34)26-21-33(28-15-10-9-13-25(26)28)24-18-16-22(20-31)17-19-24/h5-7,9-13,15-19,21H,2-4,8,14H2,1H3/b32-27+. The molecule has 6 nitrogen and oxygen atoms in total. The van der Waals surface area contributed by atoms with Crippen LogP contribution in [-0.2, 0) is 4.84 Å². The molecule has 0 amide bonds. The van der Waals surface area contributed by atoms with Crippen LogP contribution in [0.2, 0.25) is 0 Å². The molecule has 0 aliphatic carbocycles. The Morgan fingerprint density at radius 3 is 2.36 bits per heavy atom. The number of hydrogen-bond acceptors (Lipinski definition) is 5. The van der Waals surface area contributed by atoms with E-state index in [0.717, 1.165) is 42.3 Å². The van der Waals surface area contributed by atoms with Gasteiger partial charge in [0.25, 0.3) is 0 Å². The lowest BCUT2D eigenvalue weighted by Gasteiger charge is -2.06. The van der Waals surface area contributed by atoms with Gasteiger partial charge in [0.15, 0.2) is 0 Å². The molecule has 0 aliphatic heterocycles. The van der Waals surface area contributed by atoms with Gasteiger partial charge in [0.1, 0.15) is 5.71 Å². The summed E-state index contributed by atoms with van der Waals surface area (Å²) in [5, 5.41) is 14.0. The zero-order valence-corrected chi connectivity index (χ0v) is 20.2. The van der Waals surface area contributed by atoms with Crippen LogP contribution in [0, 0.1) is 11.3 Å². The van der Waals surface area contributed by atoms with E-state index in [0.29, 0.717) is 23.1 Å². The predicted molar refractivity (Wildman–Crippen MR) is 140 cm³/mol. The minimum atomic E-state index is -0.602. The molecule has 4 rings (SSSR count). The molecule has 36 heavy (non-hydrogen) atoms. The van der Waals surface area contributed by atoms with Crippen LogP contribution in [0.25, 0.3) is 16.6 Å². The van der Waals surface area contributed by atoms with Gasteiger partial charge in [-0.25, -0.2) is 4.79 Å². The molecule has 1 aromatic heterocycles. The van der Waals surface area contributed by atoms with Crippen LogP contribution < -0.4 is 0 Å². The minimum Gasteiger partial charge on any atom is -0.316 e. The Morgan fingerprint density at radius 2 is 1.64 bits per heavy atom. The highest BCUT2D eigenvalue weighted by Crippen LogP contribution is 2.26. The van der Waals surface area contributed by atoms with Crippen LogP contribution in [-0.4, -0.2) is 22.0 Å². The summed E-state index contributed by atoms with van der Waals surface area (Å²) >= 11 is 0. The Bertz CT molecular complexity index is 1430. The molecule has 0 aliphatic rings. The molecule has 0 unspecified atom stereocenters. The highest BCUT2D eigenvalue weighted by molar-refractivity contribution is 6.47. The molecule has 6 heteroatoms. The molecule has 0 atom stereocenters. The normalized spacial score (nSPS) is 11.3. The van der Waals surface area contributed by atoms with Crippen LogP contribution in [0.3, 0.4) is 0 Å². The number of para-hydroxylation sites is 1. The third kappa shape index (κ3) is 5.59. The minimum absolute atomic E-state index is 0.220. The molecule has 1 heterocycles. The number of unbranched alkanes of at least 4 members (excludes halogenated alkanes) is 3. The lowest BCUT2D eigenvalue weighted by atomic mass is 10.0. The molecule has 0 saturated carbocycles. The van der Waals surface area contributed by atoms with Gasteiger partial charge in [0.05, 0.1) is 22.7 Å². The maximum absolute atomic E-state index is 13.7. The third-order valence-corrected chi connectivity index (χ3v) is 6.01. The van der Waals surface area contributed by atoms with E-state index in [-0.39, 0.29) is 11.5 Å². The lowest BCUT2D eigenvalue weighted by molar-refractivity contribution is 0.0514. The second-order valence-corrected chi connectivity index (χ2v) is 8.51. The largest absolute Gasteiger partial charge is 0.365 e. The highest BCUT2D eigenvalue weighted by atomic mass is 16.7. The summed E-state index contributed by atoms with van der Waals surface area (Å²) in [5.41, 5.74) is 3.33. The molecular formula is C30H27N3O3. The molecule has 180 valence electrons. The summed E-state index contributed by atoms with van der Waals surface area (Å²) < 4.78 is 1.93. The molecule has 4 aromatic rings. The molecule has 0 spiro atoms. The summed E-state index contributed by atoms with van der Waals surface area (Å²) in [7, 11) is 0. The van der Waals surface area contributed by atoms with Crippen LogP contribution in [0.5, 0.6) is 0 Å². The van der Waals surface area contributed by atoms with Crippen LogP contribution in [0.4, 0.5) is 0 Å². The van der Waals surface area contributed by atoms with Crippen molar-refractivity contribution < 1.29 is 14.4 Å². The Morgan fingerprint density at radius 1 is 0.917 bits per heavy atom. The average Bonchev–Trinajstić information content (AvgIpc) is 3.32. The van der Waals surface area contributed by atoms with E-state index >= 15 is 0 Å². The first-order valence-electron chi connectivity index (χ1n) is 12.1. The maximum Gasteiger partial charge on any atom is 0.365 e. The molecule has 0 saturated heterocycles. The van der Waals surface area contributed by atoms with Crippen molar-refractivity contribution in [2.24, 2.45) is 5.16 Å². The van der Waals surface area contributed by atoms with Gasteiger partial charge in [-0.3, -0.25) is 4.79 Å². The number of ketones is 1. The third-order valence-electron chi connectivity index (χ3n) is 6.01. The SMILES string of the molecule is CCCCCC/C(=N\OC(=O)c1ccccc1)C(=O)c1cn(-c2ccc(C#N)cc2)c2ccccc12. The first-order chi connectivity index (χ1) is 17.6. The number of Topliss-reactive ketones (excluding diaryl/α,β-unsaturated/α-hetero) is 1. The van der Waals surface area contributed by atoms with Gasteiger partial charge in [-0.05, 0) is 55.3 Å². The van der Waals surface area contributed by atoms with Crippen molar-refractivity contribution in [3.63, 3.8) is 0 Å². The van der Waals surface area contributed by atoms with E-state index in [1.807, 2.05) is 47.0 Å². The summed E-state index contributed by atoms with van der Waals surface area (Å²) in [6, 6.07) is 25.5. The fourth-order valence-corrected chi connectivity index (χ4v) is 4.07. The quantitative estimate of drug-likeness (QED) is 0.0820. The summed E-state index contributed by atoms with van der Waals surface area (Å²) in [6.45, 7) is 2.12. The number of aromatic nitrogens is 1. The van der Waals surface area contributed by atoms with Crippen molar-refractivity contribution in [3.05, 3.63) is 102 Å². The fourth-order valence-electron chi connectivity index (χ4n) is 4.07. The second-order valence-electron chi connectivity index (χ2n) is 8.51. The van der Waals surface area contributed by atoms with Crippen molar-refractivity contribution in [1.82, 2.24) is 4.57 Å². The summed E-state index contributed by atoms with van der Waals surface area (Å²) in [6.07, 6.45) is 6.06. The van der Waals surface area contributed by atoms with E-state index in [1.165, 1.54) is 0 Å². The Kier molecular flexibility index (Phi) is 8.05. The summed E-state index contributed by atoms with van der Waals surface area (Å²) in [5.74, 6) is -0.870. The number of benzene rings is 3. The second kappa shape index (κ2) is 11.8. The lowest BCUT2D eigenvalue weighted by Crippen LogP contribution is -2.16. The first-order valence-corrected chi connectivity index (χ1v) is 12.1. The van der Waals surface area contributed by atoms with E-state index in [2.05, 4.69) is 18.1 Å². The highest BCUT2D eigenvalue weighted by Gasteiger charge is 2.22. The number of oxime groups is 1. The van der Waals surface area contributed by atoms with Crippen LogP contribution in [0.1, 0.15) is 65.3 Å². The number of hydrogen-bond donors (Lipinski definition) is 0.